The van der Waals surface area contributed by atoms with Crippen LogP contribution in [-0.4, -0.2) is 26.4 Å². The van der Waals surface area contributed by atoms with Gasteiger partial charge in [0.05, 0.1) is 23.7 Å². The fraction of sp³-hybridized carbons (Fsp3) is 0.211. The molecule has 1 N–H and O–H groups in total. The van der Waals surface area contributed by atoms with Crippen molar-refractivity contribution in [2.45, 2.75) is 12.3 Å². The molecule has 25 heavy (non-hydrogen) atoms. The van der Waals surface area contributed by atoms with Crippen molar-refractivity contribution >= 4 is 17.7 Å². The van der Waals surface area contributed by atoms with E-state index in [0.717, 1.165) is 22.8 Å². The fourth-order valence-corrected chi connectivity index (χ4v) is 3.20. The number of aryl methyl sites for hydroxylation is 1. The van der Waals surface area contributed by atoms with Crippen molar-refractivity contribution in [2.24, 2.45) is 7.05 Å². The average molecular weight is 352 g/mol. The Balaban J connectivity index is 1.48. The van der Waals surface area contributed by atoms with E-state index in [1.54, 1.807) is 22.6 Å². The van der Waals surface area contributed by atoms with E-state index in [1.165, 1.54) is 5.56 Å². The van der Waals surface area contributed by atoms with Gasteiger partial charge < -0.3 is 5.32 Å². The molecule has 0 radical (unpaired) electrons. The molecular weight excluding hydrogens is 332 g/mol. The molecule has 0 spiro atoms. The molecule has 0 unspecified atom stereocenters. The molecule has 0 aliphatic carbocycles. The van der Waals surface area contributed by atoms with Gasteiger partial charge in [-0.3, -0.25) is 14.5 Å². The Morgan fingerprint density at radius 3 is 2.68 bits per heavy atom. The zero-order valence-electron chi connectivity index (χ0n) is 14.1. The first kappa shape index (κ1) is 17.2. The van der Waals surface area contributed by atoms with Crippen LogP contribution in [0.2, 0.25) is 0 Å². The minimum atomic E-state index is 0.0292. The summed E-state index contributed by atoms with van der Waals surface area (Å²) in [5.74, 6) is 1.31. The van der Waals surface area contributed by atoms with Gasteiger partial charge in [-0.2, -0.15) is 5.10 Å². The fourth-order valence-electron chi connectivity index (χ4n) is 2.39. The van der Waals surface area contributed by atoms with Crippen LogP contribution in [0.15, 0.2) is 60.8 Å². The van der Waals surface area contributed by atoms with Crippen molar-refractivity contribution in [3.05, 3.63) is 72.1 Å². The summed E-state index contributed by atoms with van der Waals surface area (Å²) in [5, 5.41) is 7.41. The molecule has 0 saturated heterocycles. The van der Waals surface area contributed by atoms with Gasteiger partial charge >= 0.3 is 0 Å². The number of pyridine rings is 1. The Bertz CT molecular complexity index is 818. The third-order valence-corrected chi connectivity index (χ3v) is 4.72. The van der Waals surface area contributed by atoms with Crippen LogP contribution >= 0.6 is 11.8 Å². The lowest BCUT2D eigenvalue weighted by atomic mass is 10.2. The van der Waals surface area contributed by atoms with E-state index >= 15 is 0 Å². The van der Waals surface area contributed by atoms with E-state index in [-0.39, 0.29) is 5.91 Å². The smallest absolute Gasteiger partial charge is 0.230 e. The van der Waals surface area contributed by atoms with Gasteiger partial charge in [-0.1, -0.05) is 36.4 Å². The normalized spacial score (nSPS) is 10.6. The molecule has 1 aromatic carbocycles. The monoisotopic (exact) mass is 352 g/mol. The maximum atomic E-state index is 12.0. The molecule has 1 amide bonds. The van der Waals surface area contributed by atoms with E-state index in [9.17, 15) is 4.79 Å². The number of amides is 1. The van der Waals surface area contributed by atoms with Gasteiger partial charge in [-0.15, -0.1) is 11.8 Å². The van der Waals surface area contributed by atoms with Gasteiger partial charge in [0.1, 0.15) is 5.69 Å². The predicted molar refractivity (Wildman–Crippen MR) is 101 cm³/mol. The van der Waals surface area contributed by atoms with E-state index in [4.69, 9.17) is 0 Å². The van der Waals surface area contributed by atoms with Gasteiger partial charge in [0.15, 0.2) is 0 Å². The van der Waals surface area contributed by atoms with Crippen molar-refractivity contribution in [3.63, 3.8) is 0 Å². The maximum absolute atomic E-state index is 12.0. The van der Waals surface area contributed by atoms with Crippen LogP contribution in [0.5, 0.6) is 0 Å². The highest BCUT2D eigenvalue weighted by molar-refractivity contribution is 7.99. The Kier molecular flexibility index (Phi) is 5.85. The van der Waals surface area contributed by atoms with Gasteiger partial charge in [-0.05, 0) is 23.8 Å². The second kappa shape index (κ2) is 8.48. The molecule has 0 saturated carbocycles. The summed E-state index contributed by atoms with van der Waals surface area (Å²) in [6, 6.07) is 17.8. The molecule has 5 nitrogen and oxygen atoms in total. The van der Waals surface area contributed by atoms with Crippen LogP contribution in [-0.2, 0) is 24.1 Å². The summed E-state index contributed by atoms with van der Waals surface area (Å²) in [7, 11) is 1.87. The number of carbonyl (C=O) groups is 1. The first-order chi connectivity index (χ1) is 12.2. The number of rotatable bonds is 7. The van der Waals surface area contributed by atoms with Crippen molar-refractivity contribution < 1.29 is 4.79 Å². The Labute approximate surface area is 151 Å². The van der Waals surface area contributed by atoms with Gasteiger partial charge in [0, 0.05) is 19.0 Å². The summed E-state index contributed by atoms with van der Waals surface area (Å²) in [6.45, 7) is 0.459. The maximum Gasteiger partial charge on any atom is 0.230 e. The van der Waals surface area contributed by atoms with Crippen LogP contribution in [0.3, 0.4) is 0 Å². The first-order valence-electron chi connectivity index (χ1n) is 8.05. The molecule has 0 aliphatic rings. The van der Waals surface area contributed by atoms with Gasteiger partial charge in [-0.25, -0.2) is 0 Å². The van der Waals surface area contributed by atoms with E-state index in [2.05, 4.69) is 27.5 Å². The highest BCUT2D eigenvalue weighted by Crippen LogP contribution is 2.16. The lowest BCUT2D eigenvalue weighted by Crippen LogP contribution is -2.25. The molecule has 3 aromatic rings. The van der Waals surface area contributed by atoms with Crippen LogP contribution < -0.4 is 5.32 Å². The second-order valence-electron chi connectivity index (χ2n) is 5.61. The average Bonchev–Trinajstić information content (AvgIpc) is 3.02. The number of nitrogens with one attached hydrogen (secondary N) is 1. The standard InChI is InChI=1S/C19H20N4OS/c1-23-16(11-18(22-23)17-9-5-6-10-20-17)12-21-19(24)14-25-13-15-7-3-2-4-8-15/h2-11H,12-14H2,1H3,(H,21,24). The molecule has 2 aromatic heterocycles. The number of aromatic nitrogens is 3. The molecule has 0 bridgehead atoms. The van der Waals surface area contributed by atoms with E-state index in [1.807, 2.05) is 49.5 Å². The highest BCUT2D eigenvalue weighted by Gasteiger charge is 2.09. The molecular formula is C19H20N4OS. The summed E-state index contributed by atoms with van der Waals surface area (Å²) in [5.41, 5.74) is 3.81. The van der Waals surface area contributed by atoms with Crippen LogP contribution in [0.1, 0.15) is 11.3 Å². The predicted octanol–water partition coefficient (Wildman–Crippen LogP) is 3.03. The van der Waals surface area contributed by atoms with Crippen molar-refractivity contribution in [1.82, 2.24) is 20.1 Å². The molecule has 6 heteroatoms. The molecule has 0 aliphatic heterocycles. The number of hydrogen-bond acceptors (Lipinski definition) is 4. The number of hydrogen-bond donors (Lipinski definition) is 1. The largest absolute Gasteiger partial charge is 0.350 e. The summed E-state index contributed by atoms with van der Waals surface area (Å²) >= 11 is 1.61. The minimum absolute atomic E-state index is 0.0292. The Morgan fingerprint density at radius 1 is 1.12 bits per heavy atom. The highest BCUT2D eigenvalue weighted by atomic mass is 32.2. The van der Waals surface area contributed by atoms with Crippen molar-refractivity contribution in [3.8, 4) is 11.4 Å². The number of carbonyl (C=O) groups excluding carboxylic acids is 1. The van der Waals surface area contributed by atoms with Gasteiger partial charge in [0.2, 0.25) is 5.91 Å². The van der Waals surface area contributed by atoms with Gasteiger partial charge in [0.25, 0.3) is 0 Å². The number of thioether (sulfide) groups is 1. The first-order valence-corrected chi connectivity index (χ1v) is 9.20. The number of nitrogens with zero attached hydrogens (tertiary/aromatic N) is 3. The molecule has 3 rings (SSSR count). The zero-order valence-corrected chi connectivity index (χ0v) is 14.9. The van der Waals surface area contributed by atoms with Crippen LogP contribution in [0, 0.1) is 0 Å². The topological polar surface area (TPSA) is 59.8 Å². The third-order valence-electron chi connectivity index (χ3n) is 3.72. The van der Waals surface area contributed by atoms with Crippen LogP contribution in [0.25, 0.3) is 11.4 Å². The van der Waals surface area contributed by atoms with Crippen molar-refractivity contribution in [1.29, 1.82) is 0 Å². The third kappa shape index (κ3) is 4.93. The quantitative estimate of drug-likeness (QED) is 0.710. The van der Waals surface area contributed by atoms with E-state index in [0.29, 0.717) is 12.3 Å². The summed E-state index contributed by atoms with van der Waals surface area (Å²) < 4.78 is 1.78. The molecule has 0 fully saturated rings. The minimum Gasteiger partial charge on any atom is -0.350 e. The van der Waals surface area contributed by atoms with Crippen LogP contribution in [0.4, 0.5) is 0 Å². The Morgan fingerprint density at radius 2 is 1.92 bits per heavy atom. The molecule has 0 atom stereocenters. The zero-order chi connectivity index (χ0) is 17.5. The molecule has 2 heterocycles. The van der Waals surface area contributed by atoms with E-state index < -0.39 is 0 Å². The van der Waals surface area contributed by atoms with Crippen molar-refractivity contribution in [2.75, 3.05) is 5.75 Å². The second-order valence-corrected chi connectivity index (χ2v) is 6.60. The Hall–Kier alpha value is -2.60. The summed E-state index contributed by atoms with van der Waals surface area (Å²) in [6.07, 6.45) is 1.75. The SMILES string of the molecule is Cn1nc(-c2ccccn2)cc1CNC(=O)CSCc1ccccc1. The summed E-state index contributed by atoms with van der Waals surface area (Å²) in [4.78, 5) is 16.3. The lowest BCUT2D eigenvalue weighted by molar-refractivity contribution is -0.118. The molecule has 128 valence electrons. The number of benzene rings is 1. The lowest BCUT2D eigenvalue weighted by Gasteiger charge is -2.05.